The standard InChI is InChI=1S/C17H19N3O/c21-17-14-19(13-16-8-4-5-9-18-16)10-11-20(17)12-15-6-2-1-3-7-15/h1-9H,10-14H2. The molecule has 0 radical (unpaired) electrons. The maximum Gasteiger partial charge on any atom is 0.237 e. The van der Waals surface area contributed by atoms with Crippen molar-refractivity contribution in [3.8, 4) is 0 Å². The largest absolute Gasteiger partial charge is 0.336 e. The number of piperazine rings is 1. The van der Waals surface area contributed by atoms with Crippen LogP contribution >= 0.6 is 0 Å². The van der Waals surface area contributed by atoms with Crippen molar-refractivity contribution in [3.63, 3.8) is 0 Å². The van der Waals surface area contributed by atoms with Crippen LogP contribution in [-0.2, 0) is 17.9 Å². The topological polar surface area (TPSA) is 36.4 Å². The molecular weight excluding hydrogens is 262 g/mol. The highest BCUT2D eigenvalue weighted by molar-refractivity contribution is 5.79. The van der Waals surface area contributed by atoms with Gasteiger partial charge in [0, 0.05) is 32.4 Å². The predicted molar refractivity (Wildman–Crippen MR) is 81.4 cm³/mol. The zero-order chi connectivity index (χ0) is 14.5. The number of benzene rings is 1. The fourth-order valence-electron chi connectivity index (χ4n) is 2.58. The summed E-state index contributed by atoms with van der Waals surface area (Å²) >= 11 is 0. The highest BCUT2D eigenvalue weighted by Crippen LogP contribution is 2.11. The molecule has 3 rings (SSSR count). The summed E-state index contributed by atoms with van der Waals surface area (Å²) in [6.07, 6.45) is 1.79. The van der Waals surface area contributed by atoms with Gasteiger partial charge in [0.05, 0.1) is 12.2 Å². The van der Waals surface area contributed by atoms with Crippen molar-refractivity contribution >= 4 is 5.91 Å². The molecule has 1 aliphatic heterocycles. The summed E-state index contributed by atoms with van der Waals surface area (Å²) in [6.45, 7) is 3.60. The molecule has 0 spiro atoms. The summed E-state index contributed by atoms with van der Waals surface area (Å²) in [5.41, 5.74) is 2.20. The number of hydrogen-bond donors (Lipinski definition) is 0. The molecule has 2 aromatic rings. The van der Waals surface area contributed by atoms with Crippen LogP contribution in [0.25, 0.3) is 0 Å². The van der Waals surface area contributed by atoms with Crippen LogP contribution in [-0.4, -0.2) is 40.3 Å². The van der Waals surface area contributed by atoms with Crippen molar-refractivity contribution in [2.75, 3.05) is 19.6 Å². The number of carbonyl (C=O) groups is 1. The summed E-state index contributed by atoms with van der Waals surface area (Å²) in [4.78, 5) is 20.7. The van der Waals surface area contributed by atoms with Crippen LogP contribution in [0.15, 0.2) is 54.7 Å². The minimum Gasteiger partial charge on any atom is -0.336 e. The van der Waals surface area contributed by atoms with Crippen LogP contribution < -0.4 is 0 Å². The smallest absolute Gasteiger partial charge is 0.237 e. The van der Waals surface area contributed by atoms with Gasteiger partial charge in [-0.15, -0.1) is 0 Å². The van der Waals surface area contributed by atoms with Gasteiger partial charge >= 0.3 is 0 Å². The van der Waals surface area contributed by atoms with Gasteiger partial charge in [0.15, 0.2) is 0 Å². The normalized spacial score (nSPS) is 16.2. The maximum atomic E-state index is 12.3. The molecule has 4 nitrogen and oxygen atoms in total. The number of aromatic nitrogens is 1. The second-order valence-electron chi connectivity index (χ2n) is 5.33. The lowest BCUT2D eigenvalue weighted by Crippen LogP contribution is -2.49. The Hall–Kier alpha value is -2.20. The average Bonchev–Trinajstić information content (AvgIpc) is 2.52. The number of pyridine rings is 1. The molecule has 0 unspecified atom stereocenters. The molecule has 1 aromatic carbocycles. The van der Waals surface area contributed by atoms with Crippen molar-refractivity contribution in [2.45, 2.75) is 13.1 Å². The van der Waals surface area contributed by atoms with E-state index in [1.54, 1.807) is 6.20 Å². The molecule has 0 bridgehead atoms. The third-order valence-corrected chi connectivity index (χ3v) is 3.73. The molecule has 1 saturated heterocycles. The third-order valence-electron chi connectivity index (χ3n) is 3.73. The second-order valence-corrected chi connectivity index (χ2v) is 5.33. The first kappa shape index (κ1) is 13.8. The molecule has 108 valence electrons. The van der Waals surface area contributed by atoms with Gasteiger partial charge in [0.2, 0.25) is 5.91 Å². The van der Waals surface area contributed by atoms with Gasteiger partial charge in [0.1, 0.15) is 0 Å². The van der Waals surface area contributed by atoms with E-state index in [9.17, 15) is 4.79 Å². The van der Waals surface area contributed by atoms with Crippen LogP contribution in [0.4, 0.5) is 0 Å². The lowest BCUT2D eigenvalue weighted by molar-refractivity contribution is -0.136. The summed E-state index contributed by atoms with van der Waals surface area (Å²) in [5.74, 6) is 0.195. The molecule has 0 saturated carbocycles. The summed E-state index contributed by atoms with van der Waals surface area (Å²) < 4.78 is 0. The summed E-state index contributed by atoms with van der Waals surface area (Å²) in [6, 6.07) is 16.0. The monoisotopic (exact) mass is 281 g/mol. The van der Waals surface area contributed by atoms with Crippen LogP contribution in [0.5, 0.6) is 0 Å². The Morgan fingerprint density at radius 3 is 2.48 bits per heavy atom. The van der Waals surface area contributed by atoms with Crippen molar-refractivity contribution in [2.24, 2.45) is 0 Å². The van der Waals surface area contributed by atoms with Crippen LogP contribution in [0.1, 0.15) is 11.3 Å². The van der Waals surface area contributed by atoms with Crippen molar-refractivity contribution in [1.82, 2.24) is 14.8 Å². The quantitative estimate of drug-likeness (QED) is 0.859. The Labute approximate surface area is 125 Å². The molecule has 21 heavy (non-hydrogen) atoms. The van der Waals surface area contributed by atoms with E-state index in [2.05, 4.69) is 22.0 Å². The fraction of sp³-hybridized carbons (Fsp3) is 0.294. The summed E-state index contributed by atoms with van der Waals surface area (Å²) in [5, 5.41) is 0. The zero-order valence-corrected chi connectivity index (χ0v) is 12.0. The predicted octanol–water partition coefficient (Wildman–Crippen LogP) is 1.93. The lowest BCUT2D eigenvalue weighted by Gasteiger charge is -2.34. The second kappa shape index (κ2) is 6.50. The maximum absolute atomic E-state index is 12.3. The van der Waals surface area contributed by atoms with E-state index in [0.717, 1.165) is 25.3 Å². The lowest BCUT2D eigenvalue weighted by atomic mass is 10.2. The third kappa shape index (κ3) is 3.67. The van der Waals surface area contributed by atoms with Crippen LogP contribution in [0.3, 0.4) is 0 Å². The van der Waals surface area contributed by atoms with Crippen molar-refractivity contribution < 1.29 is 4.79 Å². The number of rotatable bonds is 4. The van der Waals surface area contributed by atoms with Gasteiger partial charge < -0.3 is 4.90 Å². The first-order chi connectivity index (χ1) is 10.3. The molecule has 0 atom stereocenters. The van der Waals surface area contributed by atoms with Crippen molar-refractivity contribution in [3.05, 3.63) is 66.0 Å². The molecule has 1 fully saturated rings. The average molecular weight is 281 g/mol. The molecule has 1 amide bonds. The Morgan fingerprint density at radius 2 is 1.76 bits per heavy atom. The summed E-state index contributed by atoms with van der Waals surface area (Å²) in [7, 11) is 0. The molecule has 2 heterocycles. The van der Waals surface area contributed by atoms with E-state index in [-0.39, 0.29) is 5.91 Å². The van der Waals surface area contributed by atoms with Gasteiger partial charge in [-0.3, -0.25) is 14.7 Å². The number of carbonyl (C=O) groups excluding carboxylic acids is 1. The highest BCUT2D eigenvalue weighted by Gasteiger charge is 2.23. The molecular formula is C17H19N3O. The first-order valence-corrected chi connectivity index (χ1v) is 7.25. The number of nitrogens with zero attached hydrogens (tertiary/aromatic N) is 3. The van der Waals surface area contributed by atoms with Gasteiger partial charge in [-0.2, -0.15) is 0 Å². The minimum atomic E-state index is 0.195. The van der Waals surface area contributed by atoms with Crippen LogP contribution in [0, 0.1) is 0 Å². The fourth-order valence-corrected chi connectivity index (χ4v) is 2.58. The van der Waals surface area contributed by atoms with Gasteiger partial charge in [-0.1, -0.05) is 36.4 Å². The molecule has 0 aliphatic carbocycles. The van der Waals surface area contributed by atoms with Gasteiger partial charge in [-0.05, 0) is 17.7 Å². The van der Waals surface area contributed by atoms with Crippen LogP contribution in [0.2, 0.25) is 0 Å². The van der Waals surface area contributed by atoms with E-state index in [1.165, 1.54) is 5.56 Å². The van der Waals surface area contributed by atoms with E-state index < -0.39 is 0 Å². The molecule has 4 heteroatoms. The van der Waals surface area contributed by atoms with Gasteiger partial charge in [-0.25, -0.2) is 0 Å². The SMILES string of the molecule is O=C1CN(Cc2ccccn2)CCN1Cc1ccccc1. The van der Waals surface area contributed by atoms with Gasteiger partial charge in [0.25, 0.3) is 0 Å². The Balaban J connectivity index is 1.56. The zero-order valence-electron chi connectivity index (χ0n) is 12.0. The number of hydrogen-bond acceptors (Lipinski definition) is 3. The van der Waals surface area contributed by atoms with E-state index in [0.29, 0.717) is 13.1 Å². The Bertz CT molecular complexity index is 585. The van der Waals surface area contributed by atoms with E-state index in [1.807, 2.05) is 41.3 Å². The Morgan fingerprint density at radius 1 is 0.952 bits per heavy atom. The Kier molecular flexibility index (Phi) is 4.26. The highest BCUT2D eigenvalue weighted by atomic mass is 16.2. The molecule has 1 aliphatic rings. The minimum absolute atomic E-state index is 0.195. The first-order valence-electron chi connectivity index (χ1n) is 7.25. The van der Waals surface area contributed by atoms with E-state index in [4.69, 9.17) is 0 Å². The number of amides is 1. The van der Waals surface area contributed by atoms with E-state index >= 15 is 0 Å². The van der Waals surface area contributed by atoms with Crippen molar-refractivity contribution in [1.29, 1.82) is 0 Å². The molecule has 0 N–H and O–H groups in total. The molecule has 1 aromatic heterocycles.